The quantitative estimate of drug-likeness (QED) is 0.546. The fourth-order valence-corrected chi connectivity index (χ4v) is 2.64. The number of nitrogens with one attached hydrogen (secondary N) is 2. The standard InChI is InChI=1S/C22H19F3N2O3/c1-13(22(28)27-18-9-7-14(23)11-16(18)24)26-15-8-10-19(17(25)12-15)30-21-6-4-3-5-20(21)29-2/h3-13,26H,1-2H3,(H,27,28). The first-order chi connectivity index (χ1) is 14.4. The van der Waals surface area contributed by atoms with Crippen LogP contribution in [-0.4, -0.2) is 19.1 Å². The molecule has 2 N–H and O–H groups in total. The summed E-state index contributed by atoms with van der Waals surface area (Å²) in [6.45, 7) is 1.52. The molecular weight excluding hydrogens is 397 g/mol. The maximum absolute atomic E-state index is 14.5. The number of rotatable bonds is 7. The van der Waals surface area contributed by atoms with Crippen molar-refractivity contribution in [2.24, 2.45) is 0 Å². The highest BCUT2D eigenvalue weighted by molar-refractivity contribution is 5.96. The second-order valence-electron chi connectivity index (χ2n) is 6.38. The van der Waals surface area contributed by atoms with Gasteiger partial charge in [-0.3, -0.25) is 4.79 Å². The van der Waals surface area contributed by atoms with Gasteiger partial charge in [-0.15, -0.1) is 0 Å². The fourth-order valence-electron chi connectivity index (χ4n) is 2.64. The first kappa shape index (κ1) is 21.0. The number of hydrogen-bond donors (Lipinski definition) is 2. The zero-order valence-corrected chi connectivity index (χ0v) is 16.2. The van der Waals surface area contributed by atoms with E-state index in [4.69, 9.17) is 9.47 Å². The molecule has 0 spiro atoms. The van der Waals surface area contributed by atoms with E-state index in [1.54, 1.807) is 24.3 Å². The topological polar surface area (TPSA) is 59.6 Å². The molecule has 0 aliphatic carbocycles. The van der Waals surface area contributed by atoms with E-state index in [0.29, 0.717) is 23.3 Å². The van der Waals surface area contributed by atoms with Gasteiger partial charge in [-0.1, -0.05) is 12.1 Å². The fraction of sp³-hybridized carbons (Fsp3) is 0.136. The smallest absolute Gasteiger partial charge is 0.246 e. The molecule has 0 aliphatic rings. The van der Waals surface area contributed by atoms with E-state index in [-0.39, 0.29) is 11.4 Å². The van der Waals surface area contributed by atoms with Gasteiger partial charge in [-0.2, -0.15) is 0 Å². The van der Waals surface area contributed by atoms with Gasteiger partial charge < -0.3 is 20.1 Å². The molecule has 30 heavy (non-hydrogen) atoms. The van der Waals surface area contributed by atoms with Crippen LogP contribution in [-0.2, 0) is 4.79 Å². The number of benzene rings is 3. The van der Waals surface area contributed by atoms with E-state index in [2.05, 4.69) is 10.6 Å². The van der Waals surface area contributed by atoms with Gasteiger partial charge in [0.15, 0.2) is 23.1 Å². The minimum atomic E-state index is -0.889. The average molecular weight is 416 g/mol. The Hall–Kier alpha value is -3.68. The summed E-state index contributed by atoms with van der Waals surface area (Å²) in [5.41, 5.74) is 0.170. The van der Waals surface area contributed by atoms with E-state index in [9.17, 15) is 18.0 Å². The number of carbonyl (C=O) groups excluding carboxylic acids is 1. The number of methoxy groups -OCH3 is 1. The summed E-state index contributed by atoms with van der Waals surface area (Å²) in [5, 5.41) is 5.17. The number of amides is 1. The number of anilines is 2. The highest BCUT2D eigenvalue weighted by Gasteiger charge is 2.16. The summed E-state index contributed by atoms with van der Waals surface area (Å²) in [6.07, 6.45) is 0. The summed E-state index contributed by atoms with van der Waals surface area (Å²) in [7, 11) is 1.48. The molecular formula is C22H19F3N2O3. The molecule has 0 radical (unpaired) electrons. The van der Waals surface area contributed by atoms with Gasteiger partial charge in [-0.05, 0) is 43.3 Å². The molecule has 3 aromatic rings. The molecule has 0 saturated heterocycles. The Labute approximate surface area is 171 Å². The lowest BCUT2D eigenvalue weighted by Crippen LogP contribution is -2.32. The molecule has 0 aliphatic heterocycles. The Morgan fingerprint density at radius 3 is 2.30 bits per heavy atom. The van der Waals surface area contributed by atoms with E-state index in [1.807, 2.05) is 0 Å². The van der Waals surface area contributed by atoms with E-state index in [1.165, 1.54) is 32.2 Å². The Morgan fingerprint density at radius 1 is 0.900 bits per heavy atom. The molecule has 5 nitrogen and oxygen atoms in total. The molecule has 1 unspecified atom stereocenters. The first-order valence-corrected chi connectivity index (χ1v) is 9.00. The largest absolute Gasteiger partial charge is 0.493 e. The second-order valence-corrected chi connectivity index (χ2v) is 6.38. The van der Waals surface area contributed by atoms with E-state index in [0.717, 1.165) is 12.1 Å². The van der Waals surface area contributed by atoms with Crippen LogP contribution in [0.2, 0.25) is 0 Å². The zero-order chi connectivity index (χ0) is 21.7. The van der Waals surface area contributed by atoms with Crippen LogP contribution in [0.25, 0.3) is 0 Å². The molecule has 0 heterocycles. The maximum atomic E-state index is 14.5. The molecule has 0 aromatic heterocycles. The van der Waals surface area contributed by atoms with Gasteiger partial charge in [-0.25, -0.2) is 13.2 Å². The van der Waals surface area contributed by atoms with Gasteiger partial charge in [0.1, 0.15) is 17.7 Å². The monoisotopic (exact) mass is 416 g/mol. The minimum Gasteiger partial charge on any atom is -0.493 e. The van der Waals surface area contributed by atoms with Crippen LogP contribution >= 0.6 is 0 Å². The number of halogens is 3. The number of para-hydroxylation sites is 2. The Morgan fingerprint density at radius 2 is 1.63 bits per heavy atom. The van der Waals surface area contributed by atoms with Crippen molar-refractivity contribution in [2.45, 2.75) is 13.0 Å². The summed E-state index contributed by atoms with van der Waals surface area (Å²) >= 11 is 0. The van der Waals surface area contributed by atoms with Crippen LogP contribution in [0.5, 0.6) is 17.2 Å². The van der Waals surface area contributed by atoms with Crippen molar-refractivity contribution in [2.75, 3.05) is 17.7 Å². The Kier molecular flexibility index (Phi) is 6.46. The third-order valence-corrected chi connectivity index (χ3v) is 4.19. The van der Waals surface area contributed by atoms with Crippen LogP contribution in [0.4, 0.5) is 24.5 Å². The Balaban J connectivity index is 1.66. The van der Waals surface area contributed by atoms with Gasteiger partial charge in [0.2, 0.25) is 5.91 Å². The molecule has 156 valence electrons. The first-order valence-electron chi connectivity index (χ1n) is 9.00. The van der Waals surface area contributed by atoms with Crippen molar-refractivity contribution >= 4 is 17.3 Å². The van der Waals surface area contributed by atoms with Crippen molar-refractivity contribution in [3.8, 4) is 17.2 Å². The van der Waals surface area contributed by atoms with E-state index >= 15 is 0 Å². The van der Waals surface area contributed by atoms with Crippen molar-refractivity contribution in [1.82, 2.24) is 0 Å². The normalized spacial score (nSPS) is 11.5. The van der Waals surface area contributed by atoms with Crippen LogP contribution in [0.1, 0.15) is 6.92 Å². The third-order valence-electron chi connectivity index (χ3n) is 4.19. The lowest BCUT2D eigenvalue weighted by molar-refractivity contribution is -0.116. The maximum Gasteiger partial charge on any atom is 0.246 e. The van der Waals surface area contributed by atoms with Crippen molar-refractivity contribution < 1.29 is 27.4 Å². The molecule has 0 bridgehead atoms. The summed E-state index contributed by atoms with van der Waals surface area (Å²) in [6, 6.07) is 13.0. The molecule has 1 atom stereocenters. The van der Waals surface area contributed by atoms with E-state index < -0.39 is 29.4 Å². The van der Waals surface area contributed by atoms with Gasteiger partial charge >= 0.3 is 0 Å². The Bertz CT molecular complexity index is 1060. The van der Waals surface area contributed by atoms with Gasteiger partial charge in [0, 0.05) is 17.8 Å². The minimum absolute atomic E-state index is 0.0180. The lowest BCUT2D eigenvalue weighted by atomic mass is 10.2. The molecule has 0 saturated carbocycles. The van der Waals surface area contributed by atoms with Gasteiger partial charge in [0.05, 0.1) is 12.8 Å². The van der Waals surface area contributed by atoms with Crippen LogP contribution in [0, 0.1) is 17.5 Å². The number of ether oxygens (including phenoxy) is 2. The number of hydrogen-bond acceptors (Lipinski definition) is 4. The summed E-state index contributed by atoms with van der Waals surface area (Å²) in [5.74, 6) is -2.07. The predicted molar refractivity (Wildman–Crippen MR) is 108 cm³/mol. The predicted octanol–water partition coefficient (Wildman–Crippen LogP) is 5.34. The molecule has 3 rings (SSSR count). The summed E-state index contributed by atoms with van der Waals surface area (Å²) in [4.78, 5) is 12.3. The highest BCUT2D eigenvalue weighted by atomic mass is 19.1. The average Bonchev–Trinajstić information content (AvgIpc) is 2.72. The van der Waals surface area contributed by atoms with Crippen molar-refractivity contribution in [3.63, 3.8) is 0 Å². The number of carbonyl (C=O) groups is 1. The summed E-state index contributed by atoms with van der Waals surface area (Å²) < 4.78 is 51.8. The molecule has 1 amide bonds. The van der Waals surface area contributed by atoms with Crippen LogP contribution in [0.3, 0.4) is 0 Å². The zero-order valence-electron chi connectivity index (χ0n) is 16.2. The van der Waals surface area contributed by atoms with Crippen LogP contribution in [0.15, 0.2) is 60.7 Å². The molecule has 0 fully saturated rings. The third kappa shape index (κ3) is 5.02. The molecule has 3 aromatic carbocycles. The van der Waals surface area contributed by atoms with Crippen molar-refractivity contribution in [1.29, 1.82) is 0 Å². The van der Waals surface area contributed by atoms with Crippen molar-refractivity contribution in [3.05, 3.63) is 78.1 Å². The van der Waals surface area contributed by atoms with Crippen LogP contribution < -0.4 is 20.1 Å². The van der Waals surface area contributed by atoms with Gasteiger partial charge in [0.25, 0.3) is 0 Å². The highest BCUT2D eigenvalue weighted by Crippen LogP contribution is 2.33. The second kappa shape index (κ2) is 9.21. The lowest BCUT2D eigenvalue weighted by Gasteiger charge is -2.16. The molecule has 8 heteroatoms. The SMILES string of the molecule is COc1ccccc1Oc1ccc(NC(C)C(=O)Nc2ccc(F)cc2F)cc1F.